The molecule has 2 heterocycles. The third kappa shape index (κ3) is 4.35. The number of rotatable bonds is 4. The van der Waals surface area contributed by atoms with E-state index in [4.69, 9.17) is 0 Å². The third-order valence-corrected chi connectivity index (χ3v) is 4.27. The van der Waals surface area contributed by atoms with Gasteiger partial charge in [0.15, 0.2) is 0 Å². The number of urea groups is 1. The zero-order valence-corrected chi connectivity index (χ0v) is 12.8. The normalized spacial score (nSPS) is 28.1. The van der Waals surface area contributed by atoms with Gasteiger partial charge in [0.25, 0.3) is 0 Å². The highest BCUT2D eigenvalue weighted by atomic mass is 16.3. The van der Waals surface area contributed by atoms with Crippen LogP contribution in [0.4, 0.5) is 4.79 Å². The number of nitrogens with zero attached hydrogens (tertiary/aromatic N) is 2. The smallest absolute Gasteiger partial charge is 0.317 e. The Bertz CT molecular complexity index is 322. The highest BCUT2D eigenvalue weighted by molar-refractivity contribution is 5.74. The predicted octanol–water partition coefficient (Wildman–Crippen LogP) is 1.27. The third-order valence-electron chi connectivity index (χ3n) is 4.27. The first-order chi connectivity index (χ1) is 9.56. The predicted molar refractivity (Wildman–Crippen MR) is 79.6 cm³/mol. The van der Waals surface area contributed by atoms with Gasteiger partial charge in [-0.3, -0.25) is 4.90 Å². The fraction of sp³-hybridized carbons (Fsp3) is 0.933. The van der Waals surface area contributed by atoms with E-state index in [9.17, 15) is 9.90 Å². The van der Waals surface area contributed by atoms with Crippen molar-refractivity contribution in [2.75, 3.05) is 32.7 Å². The minimum absolute atomic E-state index is 0.0138. The van der Waals surface area contributed by atoms with Crippen molar-refractivity contribution in [3.05, 3.63) is 0 Å². The summed E-state index contributed by atoms with van der Waals surface area (Å²) in [6.07, 6.45) is 3.77. The molecule has 0 bridgehead atoms. The zero-order chi connectivity index (χ0) is 14.5. The van der Waals surface area contributed by atoms with E-state index in [2.05, 4.69) is 24.1 Å². The Kier molecular flexibility index (Phi) is 5.66. The number of aliphatic hydroxyl groups excluding tert-OH is 1. The molecule has 2 N–H and O–H groups in total. The molecule has 0 spiro atoms. The number of amides is 2. The molecule has 0 aromatic carbocycles. The maximum atomic E-state index is 12.1. The molecule has 5 heteroatoms. The molecule has 2 aliphatic rings. The molecule has 116 valence electrons. The van der Waals surface area contributed by atoms with Crippen LogP contribution in [0.2, 0.25) is 0 Å². The van der Waals surface area contributed by atoms with Gasteiger partial charge in [0.1, 0.15) is 0 Å². The summed E-state index contributed by atoms with van der Waals surface area (Å²) in [5, 5.41) is 12.7. The van der Waals surface area contributed by atoms with E-state index in [0.29, 0.717) is 18.5 Å². The van der Waals surface area contributed by atoms with Gasteiger partial charge < -0.3 is 15.3 Å². The second-order valence-corrected chi connectivity index (χ2v) is 6.61. The monoisotopic (exact) mass is 283 g/mol. The Balaban J connectivity index is 1.74. The molecule has 0 aromatic heterocycles. The van der Waals surface area contributed by atoms with Gasteiger partial charge in [0.2, 0.25) is 0 Å². The van der Waals surface area contributed by atoms with Crippen LogP contribution < -0.4 is 5.32 Å². The van der Waals surface area contributed by atoms with E-state index in [1.165, 1.54) is 12.8 Å². The molecule has 1 unspecified atom stereocenters. The summed E-state index contributed by atoms with van der Waals surface area (Å²) in [5.74, 6) is 0.670. The summed E-state index contributed by atoms with van der Waals surface area (Å²) in [4.78, 5) is 16.4. The molecule has 5 nitrogen and oxygen atoms in total. The highest BCUT2D eigenvalue weighted by Crippen LogP contribution is 2.18. The summed E-state index contributed by atoms with van der Waals surface area (Å²) < 4.78 is 0. The first-order valence-corrected chi connectivity index (χ1v) is 8.01. The van der Waals surface area contributed by atoms with E-state index < -0.39 is 0 Å². The minimum Gasteiger partial charge on any atom is -0.391 e. The van der Waals surface area contributed by atoms with Gasteiger partial charge in [0, 0.05) is 32.2 Å². The zero-order valence-electron chi connectivity index (χ0n) is 12.8. The fourth-order valence-corrected chi connectivity index (χ4v) is 3.29. The van der Waals surface area contributed by atoms with Gasteiger partial charge in [-0.1, -0.05) is 13.8 Å². The quantitative estimate of drug-likeness (QED) is 0.817. The summed E-state index contributed by atoms with van der Waals surface area (Å²) in [6, 6.07) is 0.469. The second-order valence-electron chi connectivity index (χ2n) is 6.61. The molecule has 2 rings (SSSR count). The van der Waals surface area contributed by atoms with Crippen LogP contribution in [0.5, 0.6) is 0 Å². The van der Waals surface area contributed by atoms with Gasteiger partial charge in [-0.15, -0.1) is 0 Å². The first kappa shape index (κ1) is 15.6. The molecule has 2 saturated heterocycles. The van der Waals surface area contributed by atoms with Gasteiger partial charge in [-0.05, 0) is 38.1 Å². The van der Waals surface area contributed by atoms with Crippen LogP contribution in [0, 0.1) is 5.92 Å². The molecule has 2 atom stereocenters. The Morgan fingerprint density at radius 1 is 1.30 bits per heavy atom. The maximum absolute atomic E-state index is 12.1. The number of hydrogen-bond acceptors (Lipinski definition) is 3. The van der Waals surface area contributed by atoms with Crippen LogP contribution in [0.15, 0.2) is 0 Å². The number of β-amino-alcohol motifs (C(OH)–C–C–N with tert-alkyl or cyclic N) is 1. The Morgan fingerprint density at radius 2 is 2.05 bits per heavy atom. The largest absolute Gasteiger partial charge is 0.391 e. The van der Waals surface area contributed by atoms with Crippen LogP contribution in [0.25, 0.3) is 0 Å². The average Bonchev–Trinajstić information content (AvgIpc) is 2.82. The van der Waals surface area contributed by atoms with E-state index in [1.54, 1.807) is 4.90 Å². The molecule has 2 amide bonds. The number of carbonyl (C=O) groups excluding carboxylic acids is 1. The molecular formula is C15H29N3O2. The molecule has 0 radical (unpaired) electrons. The van der Waals surface area contributed by atoms with E-state index in [-0.39, 0.29) is 12.1 Å². The molecular weight excluding hydrogens is 254 g/mol. The second kappa shape index (κ2) is 7.27. The molecule has 0 aromatic rings. The van der Waals surface area contributed by atoms with Crippen LogP contribution in [-0.4, -0.2) is 65.8 Å². The summed E-state index contributed by atoms with van der Waals surface area (Å²) in [6.45, 7) is 8.73. The van der Waals surface area contributed by atoms with Crippen LogP contribution in [-0.2, 0) is 0 Å². The fourth-order valence-electron chi connectivity index (χ4n) is 3.29. The van der Waals surface area contributed by atoms with Crippen molar-refractivity contribution in [3.63, 3.8) is 0 Å². The van der Waals surface area contributed by atoms with Crippen LogP contribution >= 0.6 is 0 Å². The number of nitrogens with one attached hydrogen (secondary N) is 1. The average molecular weight is 283 g/mol. The lowest BCUT2D eigenvalue weighted by atomic mass is 10.1. The van der Waals surface area contributed by atoms with Gasteiger partial charge in [0.05, 0.1) is 6.10 Å². The summed E-state index contributed by atoms with van der Waals surface area (Å²) in [5.41, 5.74) is 0. The lowest BCUT2D eigenvalue weighted by Crippen LogP contribution is -2.50. The number of likely N-dealkylation sites (tertiary alicyclic amines) is 2. The van der Waals surface area contributed by atoms with Gasteiger partial charge in [-0.25, -0.2) is 4.79 Å². The number of piperidine rings is 1. The van der Waals surface area contributed by atoms with Gasteiger partial charge >= 0.3 is 6.03 Å². The van der Waals surface area contributed by atoms with E-state index in [0.717, 1.165) is 39.0 Å². The molecule has 0 aliphatic carbocycles. The van der Waals surface area contributed by atoms with Crippen molar-refractivity contribution >= 4 is 6.03 Å². The molecule has 2 aliphatic heterocycles. The van der Waals surface area contributed by atoms with Crippen LogP contribution in [0.3, 0.4) is 0 Å². The Morgan fingerprint density at radius 3 is 2.75 bits per heavy atom. The number of aliphatic hydroxyl groups is 1. The van der Waals surface area contributed by atoms with Crippen LogP contribution in [0.1, 0.15) is 39.5 Å². The highest BCUT2D eigenvalue weighted by Gasteiger charge is 2.27. The standard InChI is InChI=1S/C15H29N3O2/c1-12(2)10-17-7-3-5-13(17)9-16-15(20)18-8-4-6-14(19)11-18/h12-14,19H,3-11H2,1-2H3,(H,16,20)/t13-,14?/m0/s1. The van der Waals surface area contributed by atoms with Crippen molar-refractivity contribution < 1.29 is 9.90 Å². The Hall–Kier alpha value is -0.810. The topological polar surface area (TPSA) is 55.8 Å². The lowest BCUT2D eigenvalue weighted by molar-refractivity contribution is 0.0835. The van der Waals surface area contributed by atoms with Gasteiger partial charge in [-0.2, -0.15) is 0 Å². The van der Waals surface area contributed by atoms with E-state index >= 15 is 0 Å². The van der Waals surface area contributed by atoms with Crippen molar-refractivity contribution in [2.45, 2.75) is 51.7 Å². The van der Waals surface area contributed by atoms with Crippen molar-refractivity contribution in [2.24, 2.45) is 5.92 Å². The van der Waals surface area contributed by atoms with E-state index in [1.807, 2.05) is 0 Å². The first-order valence-electron chi connectivity index (χ1n) is 8.01. The number of carbonyl (C=O) groups is 1. The van der Waals surface area contributed by atoms with Crippen molar-refractivity contribution in [1.29, 1.82) is 0 Å². The number of hydrogen-bond donors (Lipinski definition) is 2. The van der Waals surface area contributed by atoms with Crippen molar-refractivity contribution in [1.82, 2.24) is 15.1 Å². The Labute approximate surface area is 122 Å². The maximum Gasteiger partial charge on any atom is 0.317 e. The summed E-state index contributed by atoms with van der Waals surface area (Å²) in [7, 11) is 0. The molecule has 20 heavy (non-hydrogen) atoms. The minimum atomic E-state index is -0.349. The molecule has 0 saturated carbocycles. The van der Waals surface area contributed by atoms with Crippen molar-refractivity contribution in [3.8, 4) is 0 Å². The molecule has 2 fully saturated rings. The summed E-state index contributed by atoms with van der Waals surface area (Å²) >= 11 is 0. The SMILES string of the molecule is CC(C)CN1CCC[C@H]1CNC(=O)N1CCCC(O)C1. The lowest BCUT2D eigenvalue weighted by Gasteiger charge is -2.31.